The molecule has 2 aromatic heterocycles. The third-order valence-electron chi connectivity index (χ3n) is 3.13. The fraction of sp³-hybridized carbons (Fsp3) is 0.467. The zero-order valence-electron chi connectivity index (χ0n) is 11.8. The average molecular weight is 314 g/mol. The van der Waals surface area contributed by atoms with E-state index in [0.29, 0.717) is 0 Å². The van der Waals surface area contributed by atoms with Gasteiger partial charge >= 0.3 is 0 Å². The van der Waals surface area contributed by atoms with Gasteiger partial charge in [0, 0.05) is 14.6 Å². The first-order valence-electron chi connectivity index (χ1n) is 6.58. The van der Waals surface area contributed by atoms with Crippen molar-refractivity contribution in [1.82, 2.24) is 5.32 Å². The van der Waals surface area contributed by atoms with Gasteiger partial charge in [-0.3, -0.25) is 0 Å². The third kappa shape index (κ3) is 3.22. The molecule has 0 radical (unpaired) electrons. The summed E-state index contributed by atoms with van der Waals surface area (Å²) in [4.78, 5) is 4.01. The van der Waals surface area contributed by atoms with Crippen LogP contribution in [0.2, 0.25) is 5.02 Å². The molecular weight excluding hydrogens is 294 g/mol. The maximum Gasteiger partial charge on any atom is 0.0782 e. The molecule has 0 fully saturated rings. The van der Waals surface area contributed by atoms with Crippen LogP contribution in [0.4, 0.5) is 0 Å². The quantitative estimate of drug-likeness (QED) is 0.771. The van der Waals surface area contributed by atoms with Crippen LogP contribution in [0.25, 0.3) is 0 Å². The van der Waals surface area contributed by atoms with Crippen LogP contribution in [0.5, 0.6) is 0 Å². The predicted octanol–water partition coefficient (Wildman–Crippen LogP) is 5.48. The molecule has 0 spiro atoms. The van der Waals surface area contributed by atoms with Gasteiger partial charge < -0.3 is 5.32 Å². The van der Waals surface area contributed by atoms with Crippen molar-refractivity contribution in [3.05, 3.63) is 42.2 Å². The van der Waals surface area contributed by atoms with E-state index >= 15 is 0 Å². The number of rotatable bonds is 5. The van der Waals surface area contributed by atoms with Gasteiger partial charge in [-0.15, -0.1) is 22.7 Å². The molecule has 4 heteroatoms. The third-order valence-corrected chi connectivity index (χ3v) is 6.12. The van der Waals surface area contributed by atoms with Crippen molar-refractivity contribution in [2.24, 2.45) is 0 Å². The van der Waals surface area contributed by atoms with Gasteiger partial charge in [-0.2, -0.15) is 0 Å². The van der Waals surface area contributed by atoms with Crippen LogP contribution < -0.4 is 5.32 Å². The van der Waals surface area contributed by atoms with E-state index in [4.69, 9.17) is 11.6 Å². The van der Waals surface area contributed by atoms with E-state index in [1.807, 2.05) is 11.3 Å². The van der Waals surface area contributed by atoms with Gasteiger partial charge in [0.25, 0.3) is 0 Å². The Kier molecular flexibility index (Phi) is 5.07. The van der Waals surface area contributed by atoms with Crippen molar-refractivity contribution in [3.63, 3.8) is 0 Å². The lowest BCUT2D eigenvalue weighted by atomic mass is 10.1. The Morgan fingerprint density at radius 1 is 1.21 bits per heavy atom. The van der Waals surface area contributed by atoms with Gasteiger partial charge in [-0.1, -0.05) is 18.5 Å². The molecule has 1 nitrogen and oxygen atoms in total. The minimum absolute atomic E-state index is 0.241. The zero-order valence-corrected chi connectivity index (χ0v) is 14.2. The minimum Gasteiger partial charge on any atom is -0.305 e. The summed E-state index contributed by atoms with van der Waals surface area (Å²) in [5.74, 6) is 0. The van der Waals surface area contributed by atoms with Crippen molar-refractivity contribution >= 4 is 34.3 Å². The Bertz CT molecular complexity index is 554. The second kappa shape index (κ2) is 6.40. The first-order chi connectivity index (χ1) is 9.04. The Labute approximate surface area is 128 Å². The summed E-state index contributed by atoms with van der Waals surface area (Å²) in [5.41, 5.74) is 2.54. The maximum absolute atomic E-state index is 6.47. The first-order valence-corrected chi connectivity index (χ1v) is 8.65. The molecule has 0 amide bonds. The van der Waals surface area contributed by atoms with Crippen molar-refractivity contribution in [2.45, 2.75) is 40.2 Å². The number of halogens is 1. The lowest BCUT2D eigenvalue weighted by molar-refractivity contribution is 0.611. The van der Waals surface area contributed by atoms with E-state index in [1.165, 1.54) is 25.8 Å². The first kappa shape index (κ1) is 15.0. The van der Waals surface area contributed by atoms with Crippen LogP contribution in [0, 0.1) is 20.8 Å². The van der Waals surface area contributed by atoms with E-state index in [0.717, 1.165) is 18.0 Å². The van der Waals surface area contributed by atoms with Crippen LogP contribution >= 0.6 is 34.3 Å². The molecule has 2 aromatic rings. The monoisotopic (exact) mass is 313 g/mol. The molecule has 2 rings (SSSR count). The number of thiophene rings is 2. The zero-order chi connectivity index (χ0) is 14.0. The van der Waals surface area contributed by atoms with Gasteiger partial charge in [0.1, 0.15) is 0 Å². The summed E-state index contributed by atoms with van der Waals surface area (Å²) in [5, 5.41) is 6.71. The van der Waals surface area contributed by atoms with Gasteiger partial charge in [0.05, 0.1) is 11.1 Å². The van der Waals surface area contributed by atoms with Crippen LogP contribution in [0.15, 0.2) is 11.4 Å². The average Bonchev–Trinajstić information content (AvgIpc) is 2.86. The van der Waals surface area contributed by atoms with Gasteiger partial charge in [-0.25, -0.2) is 0 Å². The fourth-order valence-electron chi connectivity index (χ4n) is 2.18. The molecule has 0 aromatic carbocycles. The van der Waals surface area contributed by atoms with E-state index in [9.17, 15) is 0 Å². The normalized spacial score (nSPS) is 12.9. The molecule has 2 heterocycles. The molecule has 0 aliphatic carbocycles. The second-order valence-electron chi connectivity index (χ2n) is 4.89. The number of hydrogen-bond donors (Lipinski definition) is 1. The summed E-state index contributed by atoms with van der Waals surface area (Å²) in [7, 11) is 0. The van der Waals surface area contributed by atoms with Crippen molar-refractivity contribution in [1.29, 1.82) is 0 Å². The molecule has 0 saturated carbocycles. The maximum atomic E-state index is 6.47. The highest BCUT2D eigenvalue weighted by molar-refractivity contribution is 7.13. The van der Waals surface area contributed by atoms with Gasteiger partial charge in [0.2, 0.25) is 0 Å². The molecule has 0 aliphatic heterocycles. The lowest BCUT2D eigenvalue weighted by Crippen LogP contribution is -2.22. The smallest absolute Gasteiger partial charge is 0.0782 e. The highest BCUT2D eigenvalue weighted by atomic mass is 35.5. The molecule has 0 bridgehead atoms. The lowest BCUT2D eigenvalue weighted by Gasteiger charge is -2.18. The summed E-state index contributed by atoms with van der Waals surface area (Å²) < 4.78 is 0. The van der Waals surface area contributed by atoms with E-state index < -0.39 is 0 Å². The molecule has 1 unspecified atom stereocenters. The molecular formula is C15H20ClNS2. The van der Waals surface area contributed by atoms with Crippen molar-refractivity contribution in [3.8, 4) is 0 Å². The van der Waals surface area contributed by atoms with Crippen molar-refractivity contribution in [2.75, 3.05) is 6.54 Å². The van der Waals surface area contributed by atoms with E-state index in [2.05, 4.69) is 44.5 Å². The van der Waals surface area contributed by atoms with Gasteiger partial charge in [0.15, 0.2) is 0 Å². The Morgan fingerprint density at radius 3 is 2.42 bits per heavy atom. The Hall–Kier alpha value is -0.350. The second-order valence-corrected chi connectivity index (χ2v) is 7.47. The Balaban J connectivity index is 2.41. The highest BCUT2D eigenvalue weighted by Gasteiger charge is 2.22. The van der Waals surface area contributed by atoms with Gasteiger partial charge in [-0.05, 0) is 56.3 Å². The molecule has 104 valence electrons. The number of nitrogens with one attached hydrogen (secondary N) is 1. The molecule has 1 atom stereocenters. The molecule has 0 aliphatic rings. The fourth-order valence-corrected chi connectivity index (χ4v) is 4.77. The molecule has 1 N–H and O–H groups in total. The van der Waals surface area contributed by atoms with Crippen molar-refractivity contribution < 1.29 is 0 Å². The molecule has 19 heavy (non-hydrogen) atoms. The SMILES string of the molecule is CCCNC(c1sc(C)cc1C)c1scc(C)c1Cl. The number of hydrogen-bond acceptors (Lipinski definition) is 3. The minimum atomic E-state index is 0.241. The largest absolute Gasteiger partial charge is 0.305 e. The Morgan fingerprint density at radius 2 is 1.95 bits per heavy atom. The summed E-state index contributed by atoms with van der Waals surface area (Å²) in [6, 6.07) is 2.50. The van der Waals surface area contributed by atoms with Crippen LogP contribution in [-0.2, 0) is 0 Å². The molecule has 0 saturated heterocycles. The standard InChI is InChI=1S/C15H20ClNS2/c1-5-6-17-13(14-9(2)7-11(4)19-14)15-12(16)10(3)8-18-15/h7-8,13,17H,5-6H2,1-4H3. The summed E-state index contributed by atoms with van der Waals surface area (Å²) >= 11 is 10.1. The topological polar surface area (TPSA) is 12.0 Å². The van der Waals surface area contributed by atoms with E-state index in [1.54, 1.807) is 11.3 Å². The van der Waals surface area contributed by atoms with Crippen LogP contribution in [0.1, 0.15) is 45.1 Å². The van der Waals surface area contributed by atoms with Crippen LogP contribution in [-0.4, -0.2) is 6.54 Å². The summed E-state index contributed by atoms with van der Waals surface area (Å²) in [6.07, 6.45) is 1.13. The summed E-state index contributed by atoms with van der Waals surface area (Å²) in [6.45, 7) is 9.63. The number of aryl methyl sites for hydroxylation is 3. The predicted molar refractivity (Wildman–Crippen MR) is 88.0 cm³/mol. The van der Waals surface area contributed by atoms with E-state index in [-0.39, 0.29) is 6.04 Å². The highest BCUT2D eigenvalue weighted by Crippen LogP contribution is 2.39. The van der Waals surface area contributed by atoms with Crippen LogP contribution in [0.3, 0.4) is 0 Å².